The van der Waals surface area contributed by atoms with Crippen molar-refractivity contribution in [2.24, 2.45) is 7.05 Å². The van der Waals surface area contributed by atoms with Crippen molar-refractivity contribution in [3.8, 4) is 11.3 Å². The van der Waals surface area contributed by atoms with Gasteiger partial charge in [0.15, 0.2) is 5.65 Å². The van der Waals surface area contributed by atoms with Crippen molar-refractivity contribution in [1.82, 2.24) is 19.7 Å². The number of hydrogen-bond donors (Lipinski definition) is 1. The first-order chi connectivity index (χ1) is 14.5. The van der Waals surface area contributed by atoms with Gasteiger partial charge in [-0.1, -0.05) is 0 Å². The summed E-state index contributed by atoms with van der Waals surface area (Å²) < 4.78 is 20.4. The monoisotopic (exact) mass is 441 g/mol. The van der Waals surface area contributed by atoms with Crippen LogP contribution >= 0.6 is 11.3 Å². The van der Waals surface area contributed by atoms with Crippen molar-refractivity contribution >= 4 is 49.1 Å². The summed E-state index contributed by atoms with van der Waals surface area (Å²) in [6.07, 6.45) is 6.82. The van der Waals surface area contributed by atoms with E-state index in [0.717, 1.165) is 56.0 Å². The lowest BCUT2D eigenvalue weighted by molar-refractivity contribution is 0.200. The Kier molecular flexibility index (Phi) is 5.04. The van der Waals surface area contributed by atoms with E-state index in [1.807, 2.05) is 19.4 Å². The zero-order chi connectivity index (χ0) is 20.8. The van der Waals surface area contributed by atoms with Crippen LogP contribution in [0.1, 0.15) is 30.7 Å². The number of anilines is 1. The molecule has 0 aromatic carbocycles. The highest BCUT2D eigenvalue weighted by Crippen LogP contribution is 2.48. The lowest BCUT2D eigenvalue weighted by atomic mass is 10.0. The molecule has 7 nitrogen and oxygen atoms in total. The first-order valence-corrected chi connectivity index (χ1v) is 12.1. The fourth-order valence-corrected chi connectivity index (χ4v) is 6.40. The Labute approximate surface area is 180 Å². The number of thiophene rings is 1. The third-order valence-corrected chi connectivity index (χ3v) is 8.36. The van der Waals surface area contributed by atoms with E-state index in [1.165, 1.54) is 16.9 Å². The van der Waals surface area contributed by atoms with Crippen LogP contribution in [0.5, 0.6) is 0 Å². The van der Waals surface area contributed by atoms with Gasteiger partial charge in [0.25, 0.3) is 0 Å². The number of aryl methyl sites for hydroxylation is 1. The van der Waals surface area contributed by atoms with E-state index in [1.54, 1.807) is 11.8 Å². The second-order valence-corrected chi connectivity index (χ2v) is 10.5. The summed E-state index contributed by atoms with van der Waals surface area (Å²) >= 11 is 1.45. The quantitative estimate of drug-likeness (QED) is 0.438. The Balaban J connectivity index is 1.61. The summed E-state index contributed by atoms with van der Waals surface area (Å²) in [7, 11) is 2.40. The van der Waals surface area contributed by atoms with E-state index in [0.29, 0.717) is 24.0 Å². The van der Waals surface area contributed by atoms with E-state index < -0.39 is 10.8 Å². The molecule has 0 amide bonds. The third kappa shape index (κ3) is 3.51. The molecule has 1 fully saturated rings. The van der Waals surface area contributed by atoms with Gasteiger partial charge in [-0.05, 0) is 42.9 Å². The summed E-state index contributed by atoms with van der Waals surface area (Å²) in [5, 5.41) is 6.31. The van der Waals surface area contributed by atoms with E-state index in [2.05, 4.69) is 22.2 Å². The molecule has 4 heterocycles. The molecule has 0 bridgehead atoms. The summed E-state index contributed by atoms with van der Waals surface area (Å²) in [6.45, 7) is 0.593. The summed E-state index contributed by atoms with van der Waals surface area (Å²) in [4.78, 5) is 10.2. The standard InChI is InChI=1S/C21H23N5O2S2/c1-26-11-14-8-13(10-23-19(14)25-26)16-9-15(12-4-5-12)17-18(22)21(29-20(17)24-16)30(27)7-3-6-28-2/h8-12H,3-7,22H2,1-2H3. The molecular weight excluding hydrogens is 418 g/mol. The van der Waals surface area contributed by atoms with Gasteiger partial charge in [-0.3, -0.25) is 8.89 Å². The van der Waals surface area contributed by atoms with E-state index in [4.69, 9.17) is 15.5 Å². The minimum atomic E-state index is -1.15. The molecule has 1 atom stereocenters. The summed E-state index contributed by atoms with van der Waals surface area (Å²) in [5.74, 6) is 1.04. The van der Waals surface area contributed by atoms with Crippen LogP contribution in [-0.4, -0.2) is 43.4 Å². The smallest absolute Gasteiger partial charge is 0.181 e. The zero-order valence-electron chi connectivity index (χ0n) is 16.9. The highest BCUT2D eigenvalue weighted by Gasteiger charge is 2.29. The number of nitrogens with zero attached hydrogens (tertiary/aromatic N) is 4. The summed E-state index contributed by atoms with van der Waals surface area (Å²) in [6, 6.07) is 4.21. The van der Waals surface area contributed by atoms with Gasteiger partial charge in [-0.25, -0.2) is 9.97 Å². The molecule has 5 rings (SSSR count). The molecular formula is C21H23N5O2S2. The number of ether oxygens (including phenoxy) is 1. The van der Waals surface area contributed by atoms with Crippen molar-refractivity contribution in [2.75, 3.05) is 25.2 Å². The lowest BCUT2D eigenvalue weighted by Gasteiger charge is -2.07. The molecule has 1 aliphatic rings. The molecule has 4 aromatic rings. The third-order valence-electron chi connectivity index (χ3n) is 5.37. The van der Waals surface area contributed by atoms with Gasteiger partial charge in [0, 0.05) is 55.2 Å². The predicted octanol–water partition coefficient (Wildman–Crippen LogP) is 3.85. The minimum Gasteiger partial charge on any atom is -0.396 e. The number of fused-ring (bicyclic) bond motifs is 2. The first kappa shape index (κ1) is 19.6. The maximum Gasteiger partial charge on any atom is 0.181 e. The van der Waals surface area contributed by atoms with Crippen LogP contribution < -0.4 is 5.73 Å². The van der Waals surface area contributed by atoms with Crippen LogP contribution in [0.4, 0.5) is 5.69 Å². The molecule has 4 aromatic heterocycles. The number of nitrogens with two attached hydrogens (primary N) is 1. The fraction of sp³-hybridized carbons (Fsp3) is 0.381. The number of aromatic nitrogens is 4. The van der Waals surface area contributed by atoms with Gasteiger partial charge < -0.3 is 10.5 Å². The van der Waals surface area contributed by atoms with Crippen LogP contribution in [0, 0.1) is 0 Å². The van der Waals surface area contributed by atoms with Gasteiger partial charge in [0.2, 0.25) is 0 Å². The van der Waals surface area contributed by atoms with Crippen molar-refractivity contribution in [1.29, 1.82) is 0 Å². The number of rotatable bonds is 7. The van der Waals surface area contributed by atoms with Gasteiger partial charge in [-0.2, -0.15) is 5.10 Å². The number of nitrogen functional groups attached to an aromatic ring is 1. The molecule has 1 unspecified atom stereocenters. The highest BCUT2D eigenvalue weighted by atomic mass is 32.2. The zero-order valence-corrected chi connectivity index (χ0v) is 18.6. The van der Waals surface area contributed by atoms with Crippen LogP contribution in [0.15, 0.2) is 28.7 Å². The van der Waals surface area contributed by atoms with Crippen molar-refractivity contribution in [3.63, 3.8) is 0 Å². The van der Waals surface area contributed by atoms with Gasteiger partial charge in [-0.15, -0.1) is 11.3 Å². The van der Waals surface area contributed by atoms with Crippen LogP contribution in [0.2, 0.25) is 0 Å². The Hall–Kier alpha value is -2.36. The lowest BCUT2D eigenvalue weighted by Crippen LogP contribution is -2.02. The predicted molar refractivity (Wildman–Crippen MR) is 121 cm³/mol. The molecule has 0 aliphatic heterocycles. The Morgan fingerprint density at radius 1 is 1.37 bits per heavy atom. The Morgan fingerprint density at radius 2 is 2.20 bits per heavy atom. The van der Waals surface area contributed by atoms with Crippen LogP contribution in [0.3, 0.4) is 0 Å². The second kappa shape index (κ2) is 7.72. The maximum atomic E-state index is 12.8. The molecule has 30 heavy (non-hydrogen) atoms. The molecule has 1 aliphatic carbocycles. The topological polar surface area (TPSA) is 95.9 Å². The molecule has 0 spiro atoms. The van der Waals surface area contributed by atoms with Crippen molar-refractivity contribution in [2.45, 2.75) is 29.4 Å². The van der Waals surface area contributed by atoms with E-state index in [9.17, 15) is 4.21 Å². The average molecular weight is 442 g/mol. The van der Waals surface area contributed by atoms with E-state index >= 15 is 0 Å². The Morgan fingerprint density at radius 3 is 2.97 bits per heavy atom. The molecule has 0 radical (unpaired) electrons. The van der Waals surface area contributed by atoms with E-state index in [-0.39, 0.29) is 0 Å². The van der Waals surface area contributed by atoms with Crippen LogP contribution in [0.25, 0.3) is 32.5 Å². The van der Waals surface area contributed by atoms with Gasteiger partial charge in [0.1, 0.15) is 9.04 Å². The van der Waals surface area contributed by atoms with Crippen LogP contribution in [-0.2, 0) is 22.6 Å². The first-order valence-electron chi connectivity index (χ1n) is 9.95. The SMILES string of the molecule is COCCCS(=O)c1sc2nc(-c3cnc4nn(C)cc4c3)cc(C3CC3)c2c1N. The number of methoxy groups -OCH3 is 1. The number of pyridine rings is 2. The molecule has 1 saturated carbocycles. The largest absolute Gasteiger partial charge is 0.396 e. The minimum absolute atomic E-state index is 0.496. The van der Waals surface area contributed by atoms with Crippen molar-refractivity contribution in [3.05, 3.63) is 30.1 Å². The molecule has 0 saturated heterocycles. The normalized spacial score (nSPS) is 15.3. The average Bonchev–Trinajstić information content (AvgIpc) is 3.43. The number of hydrogen-bond acceptors (Lipinski definition) is 7. The maximum absolute atomic E-state index is 12.8. The summed E-state index contributed by atoms with van der Waals surface area (Å²) in [5.41, 5.74) is 10.9. The Bertz CT molecular complexity index is 1280. The fourth-order valence-electron chi connectivity index (χ4n) is 3.76. The molecule has 9 heteroatoms. The molecule has 156 valence electrons. The van der Waals surface area contributed by atoms with Gasteiger partial charge >= 0.3 is 0 Å². The van der Waals surface area contributed by atoms with Gasteiger partial charge in [0.05, 0.1) is 22.2 Å². The molecule has 2 N–H and O–H groups in total. The highest BCUT2D eigenvalue weighted by molar-refractivity contribution is 7.87. The second-order valence-electron chi connectivity index (χ2n) is 7.69. The van der Waals surface area contributed by atoms with Crippen molar-refractivity contribution < 1.29 is 8.95 Å².